The van der Waals surface area contributed by atoms with E-state index in [-0.39, 0.29) is 10.7 Å². The van der Waals surface area contributed by atoms with Gasteiger partial charge in [-0.15, -0.1) is 0 Å². The van der Waals surface area contributed by atoms with E-state index in [9.17, 15) is 8.42 Å². The second kappa shape index (κ2) is 5.11. The van der Waals surface area contributed by atoms with Crippen LogP contribution in [-0.2, 0) is 16.4 Å². The van der Waals surface area contributed by atoms with Crippen LogP contribution in [0.1, 0.15) is 5.56 Å². The van der Waals surface area contributed by atoms with Crippen molar-refractivity contribution in [3.05, 3.63) is 42.2 Å². The molecule has 0 radical (unpaired) electrons. The predicted octanol–water partition coefficient (Wildman–Crippen LogP) is 0.689. The molecule has 100 valence electrons. The fourth-order valence-electron chi connectivity index (χ4n) is 1.51. The average Bonchev–Trinajstić information content (AvgIpc) is 2.85. The van der Waals surface area contributed by atoms with E-state index >= 15 is 0 Å². The minimum absolute atomic E-state index is 0.0618. The van der Waals surface area contributed by atoms with Crippen LogP contribution in [0.15, 0.2) is 41.6 Å². The van der Waals surface area contributed by atoms with Gasteiger partial charge in [0.2, 0.25) is 0 Å². The topological polar surface area (TPSA) is 125 Å². The molecule has 1 heterocycles. The monoisotopic (exact) mass is 279 g/mol. The minimum Gasteiger partial charge on any atom is -0.387 e. The Hall–Kier alpha value is -2.35. The zero-order chi connectivity index (χ0) is 13.9. The standard InChI is InChI=1S/C11H13N5O2S/c12-11(13)5-8-1-3-9(4-2-8)16-19(17,18)10-6-14-15-7-10/h1-4,6-7,16H,5H2,(H3,12,13)(H,14,15). The van der Waals surface area contributed by atoms with Gasteiger partial charge in [-0.2, -0.15) is 5.10 Å². The fraction of sp³-hybridized carbons (Fsp3) is 0.0909. The summed E-state index contributed by atoms with van der Waals surface area (Å²) in [5, 5.41) is 13.2. The number of benzene rings is 1. The number of aromatic nitrogens is 2. The first-order valence-electron chi connectivity index (χ1n) is 5.41. The summed E-state index contributed by atoms with van der Waals surface area (Å²) < 4.78 is 26.2. The number of hydrogen-bond acceptors (Lipinski definition) is 4. The van der Waals surface area contributed by atoms with Gasteiger partial charge in [-0.1, -0.05) is 12.1 Å². The Balaban J connectivity index is 2.14. The summed E-state index contributed by atoms with van der Waals surface area (Å²) in [7, 11) is -3.62. The number of nitrogens with two attached hydrogens (primary N) is 1. The number of amidine groups is 1. The molecule has 0 spiro atoms. The highest BCUT2D eigenvalue weighted by Crippen LogP contribution is 2.15. The molecule has 19 heavy (non-hydrogen) atoms. The summed E-state index contributed by atoms with van der Waals surface area (Å²) in [6.07, 6.45) is 2.87. The van der Waals surface area contributed by atoms with Crippen molar-refractivity contribution in [2.24, 2.45) is 5.73 Å². The second-order valence-electron chi connectivity index (χ2n) is 3.94. The Morgan fingerprint density at radius 1 is 1.37 bits per heavy atom. The molecule has 0 aliphatic heterocycles. The van der Waals surface area contributed by atoms with Crippen LogP contribution in [-0.4, -0.2) is 24.5 Å². The summed E-state index contributed by atoms with van der Waals surface area (Å²) >= 11 is 0. The van der Waals surface area contributed by atoms with E-state index < -0.39 is 10.0 Å². The third-order valence-corrected chi connectivity index (χ3v) is 3.73. The van der Waals surface area contributed by atoms with E-state index in [4.69, 9.17) is 11.1 Å². The molecule has 1 aromatic carbocycles. The van der Waals surface area contributed by atoms with Gasteiger partial charge in [0, 0.05) is 18.3 Å². The first kappa shape index (κ1) is 13.1. The van der Waals surface area contributed by atoms with Gasteiger partial charge in [-0.3, -0.25) is 15.2 Å². The van der Waals surface area contributed by atoms with Gasteiger partial charge in [0.25, 0.3) is 10.0 Å². The van der Waals surface area contributed by atoms with Gasteiger partial charge in [-0.25, -0.2) is 8.42 Å². The van der Waals surface area contributed by atoms with Crippen molar-refractivity contribution in [2.75, 3.05) is 4.72 Å². The van der Waals surface area contributed by atoms with Crippen molar-refractivity contribution in [3.63, 3.8) is 0 Å². The number of sulfonamides is 1. The van der Waals surface area contributed by atoms with Crippen molar-refractivity contribution in [3.8, 4) is 0 Å². The van der Waals surface area contributed by atoms with Crippen molar-refractivity contribution in [2.45, 2.75) is 11.3 Å². The summed E-state index contributed by atoms with van der Waals surface area (Å²) in [6.45, 7) is 0. The van der Waals surface area contributed by atoms with E-state index in [1.54, 1.807) is 24.3 Å². The van der Waals surface area contributed by atoms with Crippen LogP contribution in [0.25, 0.3) is 0 Å². The normalized spacial score (nSPS) is 11.2. The van der Waals surface area contributed by atoms with Gasteiger partial charge in [0.15, 0.2) is 0 Å². The average molecular weight is 279 g/mol. The number of H-pyrrole nitrogens is 1. The molecule has 0 fully saturated rings. The summed E-state index contributed by atoms with van der Waals surface area (Å²) in [6, 6.07) is 6.68. The fourth-order valence-corrected chi connectivity index (χ4v) is 2.47. The van der Waals surface area contributed by atoms with Crippen molar-refractivity contribution < 1.29 is 8.42 Å². The van der Waals surface area contributed by atoms with Crippen LogP contribution in [0.2, 0.25) is 0 Å². The van der Waals surface area contributed by atoms with Crippen molar-refractivity contribution >= 4 is 21.5 Å². The lowest BCUT2D eigenvalue weighted by molar-refractivity contribution is 0.601. The van der Waals surface area contributed by atoms with E-state index in [1.165, 1.54) is 12.4 Å². The minimum atomic E-state index is -3.62. The van der Waals surface area contributed by atoms with E-state index in [1.807, 2.05) is 0 Å². The highest BCUT2D eigenvalue weighted by Gasteiger charge is 2.14. The van der Waals surface area contributed by atoms with Gasteiger partial charge in [0.1, 0.15) is 4.90 Å². The number of nitrogens with zero attached hydrogens (tertiary/aromatic N) is 1. The molecule has 0 atom stereocenters. The molecule has 0 saturated heterocycles. The lowest BCUT2D eigenvalue weighted by Gasteiger charge is -2.07. The molecular formula is C11H13N5O2S. The van der Waals surface area contributed by atoms with Crippen LogP contribution in [0.4, 0.5) is 5.69 Å². The number of hydrogen-bond donors (Lipinski definition) is 4. The van der Waals surface area contributed by atoms with Gasteiger partial charge in [0.05, 0.1) is 12.0 Å². The molecule has 0 aliphatic rings. The van der Waals surface area contributed by atoms with Crippen LogP contribution in [0.3, 0.4) is 0 Å². The van der Waals surface area contributed by atoms with E-state index in [2.05, 4.69) is 14.9 Å². The van der Waals surface area contributed by atoms with Gasteiger partial charge in [-0.05, 0) is 17.7 Å². The number of anilines is 1. The highest BCUT2D eigenvalue weighted by atomic mass is 32.2. The van der Waals surface area contributed by atoms with Crippen LogP contribution in [0, 0.1) is 5.41 Å². The molecule has 5 N–H and O–H groups in total. The summed E-state index contributed by atoms with van der Waals surface area (Å²) in [4.78, 5) is 0.0697. The largest absolute Gasteiger partial charge is 0.387 e. The number of aromatic amines is 1. The smallest absolute Gasteiger partial charge is 0.265 e. The maximum Gasteiger partial charge on any atom is 0.265 e. The lowest BCUT2D eigenvalue weighted by Crippen LogP contribution is -2.13. The number of nitrogens with one attached hydrogen (secondary N) is 3. The molecular weight excluding hydrogens is 266 g/mol. The summed E-state index contributed by atoms with van der Waals surface area (Å²) in [5.74, 6) is 0.0618. The Bertz CT molecular complexity index is 662. The van der Waals surface area contributed by atoms with Crippen LogP contribution < -0.4 is 10.5 Å². The van der Waals surface area contributed by atoms with Crippen molar-refractivity contribution in [1.82, 2.24) is 10.2 Å². The maximum absolute atomic E-state index is 11.9. The zero-order valence-corrected chi connectivity index (χ0v) is 10.7. The Labute approximate surface area is 110 Å². The number of rotatable bonds is 5. The Morgan fingerprint density at radius 3 is 2.58 bits per heavy atom. The Morgan fingerprint density at radius 2 is 2.05 bits per heavy atom. The molecule has 0 aliphatic carbocycles. The molecule has 0 bridgehead atoms. The molecule has 0 saturated carbocycles. The van der Waals surface area contributed by atoms with Crippen LogP contribution >= 0.6 is 0 Å². The van der Waals surface area contributed by atoms with Crippen LogP contribution in [0.5, 0.6) is 0 Å². The van der Waals surface area contributed by atoms with Gasteiger partial charge < -0.3 is 5.73 Å². The first-order chi connectivity index (χ1) is 8.97. The molecule has 1 aromatic heterocycles. The lowest BCUT2D eigenvalue weighted by atomic mass is 10.1. The Kier molecular flexibility index (Phi) is 3.52. The first-order valence-corrected chi connectivity index (χ1v) is 6.89. The second-order valence-corrected chi connectivity index (χ2v) is 5.62. The van der Waals surface area contributed by atoms with E-state index in [0.29, 0.717) is 12.1 Å². The molecule has 7 nitrogen and oxygen atoms in total. The highest BCUT2D eigenvalue weighted by molar-refractivity contribution is 7.92. The van der Waals surface area contributed by atoms with Crippen molar-refractivity contribution in [1.29, 1.82) is 5.41 Å². The molecule has 0 unspecified atom stereocenters. The SMILES string of the molecule is N=C(N)Cc1ccc(NS(=O)(=O)c2cn[nH]c2)cc1. The quantitative estimate of drug-likeness (QED) is 0.474. The molecule has 2 aromatic rings. The third-order valence-electron chi connectivity index (χ3n) is 2.38. The zero-order valence-electron chi connectivity index (χ0n) is 9.92. The molecule has 2 rings (SSSR count). The van der Waals surface area contributed by atoms with Gasteiger partial charge >= 0.3 is 0 Å². The molecule has 8 heteroatoms. The summed E-state index contributed by atoms with van der Waals surface area (Å²) in [5.41, 5.74) is 6.57. The predicted molar refractivity (Wildman–Crippen MR) is 71.5 cm³/mol. The third kappa shape index (κ3) is 3.32. The molecule has 0 amide bonds. The van der Waals surface area contributed by atoms with E-state index in [0.717, 1.165) is 5.56 Å². The maximum atomic E-state index is 11.9.